The molecule has 3 heteroatoms. The van der Waals surface area contributed by atoms with Crippen LogP contribution in [-0.4, -0.2) is 18.0 Å². The Morgan fingerprint density at radius 2 is 2.06 bits per heavy atom. The van der Waals surface area contributed by atoms with Crippen LogP contribution in [0.1, 0.15) is 37.3 Å². The molecule has 0 unspecified atom stereocenters. The van der Waals surface area contributed by atoms with Crippen LogP contribution in [0.5, 0.6) is 0 Å². The fraction of sp³-hybridized carbons (Fsp3) is 0.600. The summed E-state index contributed by atoms with van der Waals surface area (Å²) in [7, 11) is 0. The normalized spacial score (nSPS) is 18.2. The van der Waals surface area contributed by atoms with Crippen molar-refractivity contribution in [3.63, 3.8) is 0 Å². The molecule has 18 heavy (non-hydrogen) atoms. The maximum atomic E-state index is 6.30. The van der Waals surface area contributed by atoms with Gasteiger partial charge in [0.1, 0.15) is 0 Å². The summed E-state index contributed by atoms with van der Waals surface area (Å²) in [6.45, 7) is 6.23. The Kier molecular flexibility index (Phi) is 5.04. The van der Waals surface area contributed by atoms with E-state index in [1.165, 1.54) is 37.9 Å². The quantitative estimate of drug-likeness (QED) is 0.905. The van der Waals surface area contributed by atoms with Gasteiger partial charge in [-0.25, -0.2) is 0 Å². The zero-order chi connectivity index (χ0) is 13.0. The number of piperidine rings is 1. The minimum atomic E-state index is 0.557. The van der Waals surface area contributed by atoms with Gasteiger partial charge >= 0.3 is 0 Å². The van der Waals surface area contributed by atoms with Crippen molar-refractivity contribution in [2.75, 3.05) is 13.1 Å². The van der Waals surface area contributed by atoms with Gasteiger partial charge in [0.25, 0.3) is 0 Å². The topological polar surface area (TPSA) is 29.3 Å². The Morgan fingerprint density at radius 1 is 1.33 bits per heavy atom. The van der Waals surface area contributed by atoms with Crippen molar-refractivity contribution >= 4 is 11.6 Å². The van der Waals surface area contributed by atoms with Gasteiger partial charge in [-0.05, 0) is 49.0 Å². The molecule has 2 rings (SSSR count). The van der Waals surface area contributed by atoms with Gasteiger partial charge < -0.3 is 5.73 Å². The van der Waals surface area contributed by atoms with E-state index in [2.05, 4.69) is 24.0 Å². The van der Waals surface area contributed by atoms with Gasteiger partial charge in [-0.3, -0.25) is 4.90 Å². The zero-order valence-electron chi connectivity index (χ0n) is 11.2. The van der Waals surface area contributed by atoms with E-state index in [4.69, 9.17) is 17.3 Å². The first kappa shape index (κ1) is 13.9. The van der Waals surface area contributed by atoms with Crippen LogP contribution in [0.4, 0.5) is 0 Å². The molecule has 1 saturated heterocycles. The second-order valence-electron chi connectivity index (χ2n) is 5.26. The summed E-state index contributed by atoms with van der Waals surface area (Å²) in [5.74, 6) is 0.927. The zero-order valence-corrected chi connectivity index (χ0v) is 11.9. The molecule has 2 nitrogen and oxygen atoms in total. The van der Waals surface area contributed by atoms with E-state index in [1.807, 2.05) is 6.07 Å². The van der Waals surface area contributed by atoms with Gasteiger partial charge in [0, 0.05) is 18.1 Å². The van der Waals surface area contributed by atoms with Crippen LogP contribution in [0, 0.1) is 5.92 Å². The molecule has 0 radical (unpaired) electrons. The highest BCUT2D eigenvalue weighted by atomic mass is 35.5. The first-order valence-corrected chi connectivity index (χ1v) is 7.30. The van der Waals surface area contributed by atoms with E-state index in [0.29, 0.717) is 6.54 Å². The Labute approximate surface area is 115 Å². The fourth-order valence-corrected chi connectivity index (χ4v) is 2.90. The monoisotopic (exact) mass is 266 g/mol. The van der Waals surface area contributed by atoms with Crippen LogP contribution in [-0.2, 0) is 13.1 Å². The Balaban J connectivity index is 1.94. The minimum Gasteiger partial charge on any atom is -0.326 e. The summed E-state index contributed by atoms with van der Waals surface area (Å²) >= 11 is 6.30. The van der Waals surface area contributed by atoms with Crippen LogP contribution in [0.2, 0.25) is 5.02 Å². The summed E-state index contributed by atoms with van der Waals surface area (Å²) in [6, 6.07) is 6.20. The molecule has 0 spiro atoms. The predicted octanol–water partition coefficient (Wildman–Crippen LogP) is 3.42. The van der Waals surface area contributed by atoms with Crippen molar-refractivity contribution in [1.82, 2.24) is 4.90 Å². The summed E-state index contributed by atoms with van der Waals surface area (Å²) < 4.78 is 0. The highest BCUT2D eigenvalue weighted by molar-refractivity contribution is 6.31. The Bertz CT molecular complexity index is 384. The molecule has 0 saturated carbocycles. The van der Waals surface area contributed by atoms with Crippen LogP contribution in [0.15, 0.2) is 18.2 Å². The molecular formula is C15H23ClN2. The van der Waals surface area contributed by atoms with E-state index in [9.17, 15) is 0 Å². The van der Waals surface area contributed by atoms with Gasteiger partial charge in [-0.15, -0.1) is 0 Å². The summed E-state index contributed by atoms with van der Waals surface area (Å²) in [5.41, 5.74) is 7.95. The van der Waals surface area contributed by atoms with Crippen molar-refractivity contribution in [2.45, 2.75) is 39.3 Å². The number of hydrogen-bond acceptors (Lipinski definition) is 2. The molecule has 2 N–H and O–H groups in total. The van der Waals surface area contributed by atoms with Crippen LogP contribution < -0.4 is 5.73 Å². The summed E-state index contributed by atoms with van der Waals surface area (Å²) in [4.78, 5) is 2.51. The standard InChI is InChI=1S/C15H23ClN2/c1-2-12-5-7-18(8-6-12)11-14-4-3-13(10-17)9-15(14)16/h3-4,9,12H,2,5-8,10-11,17H2,1H3. The number of nitrogens with zero attached hydrogens (tertiary/aromatic N) is 1. The second kappa shape index (κ2) is 6.55. The third-order valence-corrected chi connectivity index (χ3v) is 4.38. The van der Waals surface area contributed by atoms with E-state index in [-0.39, 0.29) is 0 Å². The lowest BCUT2D eigenvalue weighted by Gasteiger charge is -2.31. The Hall–Kier alpha value is -0.570. The van der Waals surface area contributed by atoms with E-state index < -0.39 is 0 Å². The largest absolute Gasteiger partial charge is 0.326 e. The van der Waals surface area contributed by atoms with Crippen molar-refractivity contribution in [1.29, 1.82) is 0 Å². The maximum absolute atomic E-state index is 6.30. The van der Waals surface area contributed by atoms with Crippen molar-refractivity contribution < 1.29 is 0 Å². The fourth-order valence-electron chi connectivity index (χ4n) is 2.64. The van der Waals surface area contributed by atoms with Crippen molar-refractivity contribution in [2.24, 2.45) is 11.7 Å². The molecule has 0 aromatic heterocycles. The molecule has 0 aliphatic carbocycles. The molecule has 1 aliphatic rings. The van der Waals surface area contributed by atoms with E-state index in [0.717, 1.165) is 23.0 Å². The molecule has 1 aromatic rings. The highest BCUT2D eigenvalue weighted by Crippen LogP contribution is 2.24. The molecular weight excluding hydrogens is 244 g/mol. The average Bonchev–Trinajstić information content (AvgIpc) is 2.42. The van der Waals surface area contributed by atoms with Gasteiger partial charge in [0.05, 0.1) is 0 Å². The van der Waals surface area contributed by atoms with Gasteiger partial charge in [-0.1, -0.05) is 37.1 Å². The molecule has 1 aliphatic heterocycles. The molecule has 100 valence electrons. The maximum Gasteiger partial charge on any atom is 0.0454 e. The lowest BCUT2D eigenvalue weighted by atomic mass is 9.94. The smallest absolute Gasteiger partial charge is 0.0454 e. The SMILES string of the molecule is CCC1CCN(Cc2ccc(CN)cc2Cl)CC1. The van der Waals surface area contributed by atoms with Crippen molar-refractivity contribution in [3.8, 4) is 0 Å². The predicted molar refractivity (Wildman–Crippen MR) is 77.6 cm³/mol. The first-order chi connectivity index (χ1) is 8.72. The van der Waals surface area contributed by atoms with Gasteiger partial charge in [0.2, 0.25) is 0 Å². The number of rotatable bonds is 4. The third-order valence-electron chi connectivity index (χ3n) is 4.03. The van der Waals surface area contributed by atoms with Gasteiger partial charge in [-0.2, -0.15) is 0 Å². The average molecular weight is 267 g/mol. The number of benzene rings is 1. The van der Waals surface area contributed by atoms with Gasteiger partial charge in [0.15, 0.2) is 0 Å². The van der Waals surface area contributed by atoms with Crippen LogP contribution in [0.3, 0.4) is 0 Å². The molecule has 1 heterocycles. The third kappa shape index (κ3) is 3.47. The molecule has 0 amide bonds. The summed E-state index contributed by atoms with van der Waals surface area (Å²) in [5, 5.41) is 0.857. The lowest BCUT2D eigenvalue weighted by Crippen LogP contribution is -2.33. The van der Waals surface area contributed by atoms with Crippen LogP contribution in [0.25, 0.3) is 0 Å². The molecule has 1 aromatic carbocycles. The van der Waals surface area contributed by atoms with Crippen molar-refractivity contribution in [3.05, 3.63) is 34.3 Å². The van der Waals surface area contributed by atoms with Crippen LogP contribution >= 0.6 is 11.6 Å². The molecule has 1 fully saturated rings. The van der Waals surface area contributed by atoms with E-state index in [1.54, 1.807) is 0 Å². The lowest BCUT2D eigenvalue weighted by molar-refractivity contribution is 0.175. The number of hydrogen-bond donors (Lipinski definition) is 1. The number of nitrogens with two attached hydrogens (primary N) is 1. The first-order valence-electron chi connectivity index (χ1n) is 6.92. The number of likely N-dealkylation sites (tertiary alicyclic amines) is 1. The molecule has 0 atom stereocenters. The second-order valence-corrected chi connectivity index (χ2v) is 5.66. The number of halogens is 1. The minimum absolute atomic E-state index is 0.557. The molecule has 0 bridgehead atoms. The van der Waals surface area contributed by atoms with E-state index >= 15 is 0 Å². The summed E-state index contributed by atoms with van der Waals surface area (Å²) in [6.07, 6.45) is 3.98. The highest BCUT2D eigenvalue weighted by Gasteiger charge is 2.18. The Morgan fingerprint density at radius 3 is 2.61 bits per heavy atom.